The van der Waals surface area contributed by atoms with Gasteiger partial charge >= 0.3 is 0 Å². The Balaban J connectivity index is 1.64. The molecule has 0 bridgehead atoms. The van der Waals surface area contributed by atoms with E-state index in [2.05, 4.69) is 9.62 Å². The fraction of sp³-hybridized carbons (Fsp3) is 0.316. The van der Waals surface area contributed by atoms with Gasteiger partial charge in [-0.25, -0.2) is 8.60 Å². The summed E-state index contributed by atoms with van der Waals surface area (Å²) in [6.45, 7) is 4.63. The molecule has 0 saturated carbocycles. The molecule has 2 aromatic carbocycles. The number of hydrogen-bond donors (Lipinski definition) is 2. The Morgan fingerprint density at radius 2 is 2.00 bits per heavy atom. The molecular weight excluding hydrogens is 405 g/mol. The number of benzene rings is 2. The van der Waals surface area contributed by atoms with Crippen LogP contribution in [0.5, 0.6) is 0 Å². The molecular formula is C19H21ClFN3O3S. The van der Waals surface area contributed by atoms with Crippen LogP contribution in [0.3, 0.4) is 0 Å². The molecule has 1 amide bonds. The highest BCUT2D eigenvalue weighted by Crippen LogP contribution is 2.24. The molecule has 2 atom stereocenters. The van der Waals surface area contributed by atoms with Crippen molar-refractivity contribution in [3.63, 3.8) is 0 Å². The van der Waals surface area contributed by atoms with Crippen molar-refractivity contribution in [1.29, 1.82) is 0 Å². The van der Waals surface area contributed by atoms with E-state index in [1.54, 1.807) is 29.2 Å². The standard InChI is InChI=1S/C19H21ClFN3O3S/c1-13-11-23(12-14-2-4-15(21)5-3-14)8-9-24(13)19(25)17-7-6-16(10-18(17)20)22-28(26)27/h2-7,10,13,22H,8-9,11-12H2,1H3,(H,26,27). The van der Waals surface area contributed by atoms with Crippen LogP contribution in [-0.4, -0.2) is 50.1 Å². The molecule has 1 heterocycles. The molecule has 1 aliphatic heterocycles. The lowest BCUT2D eigenvalue weighted by Crippen LogP contribution is -2.53. The zero-order chi connectivity index (χ0) is 20.3. The topological polar surface area (TPSA) is 72.9 Å². The number of anilines is 1. The normalized spacial score (nSPS) is 18.7. The summed E-state index contributed by atoms with van der Waals surface area (Å²) in [5.41, 5.74) is 1.75. The summed E-state index contributed by atoms with van der Waals surface area (Å²) in [4.78, 5) is 16.9. The van der Waals surface area contributed by atoms with Crippen LogP contribution in [0.1, 0.15) is 22.8 Å². The summed E-state index contributed by atoms with van der Waals surface area (Å²) in [5, 5.41) is 0.224. The maximum Gasteiger partial charge on any atom is 0.259 e. The number of amides is 1. The quantitative estimate of drug-likeness (QED) is 0.720. The Hall–Kier alpha value is -2.00. The van der Waals surface area contributed by atoms with Gasteiger partial charge in [-0.2, -0.15) is 0 Å². The van der Waals surface area contributed by atoms with E-state index in [1.807, 2.05) is 6.92 Å². The smallest absolute Gasteiger partial charge is 0.259 e. The largest absolute Gasteiger partial charge is 0.333 e. The molecule has 0 spiro atoms. The molecule has 2 N–H and O–H groups in total. The fourth-order valence-corrected chi connectivity index (χ4v) is 3.92. The average molecular weight is 426 g/mol. The predicted octanol–water partition coefficient (Wildman–Crippen LogP) is 3.37. The molecule has 2 aromatic rings. The van der Waals surface area contributed by atoms with Crippen molar-refractivity contribution in [2.75, 3.05) is 24.4 Å². The number of hydrogen-bond acceptors (Lipinski definition) is 3. The van der Waals surface area contributed by atoms with Gasteiger partial charge in [0.25, 0.3) is 17.2 Å². The molecule has 2 unspecified atom stereocenters. The van der Waals surface area contributed by atoms with E-state index in [4.69, 9.17) is 16.2 Å². The van der Waals surface area contributed by atoms with Crippen LogP contribution in [0, 0.1) is 5.82 Å². The molecule has 150 valence electrons. The van der Waals surface area contributed by atoms with Gasteiger partial charge < -0.3 is 4.90 Å². The highest BCUT2D eigenvalue weighted by molar-refractivity contribution is 7.80. The van der Waals surface area contributed by atoms with Crippen molar-refractivity contribution < 1.29 is 17.9 Å². The van der Waals surface area contributed by atoms with E-state index >= 15 is 0 Å². The molecule has 0 radical (unpaired) electrons. The van der Waals surface area contributed by atoms with Gasteiger partial charge in [0, 0.05) is 37.9 Å². The van der Waals surface area contributed by atoms with Crippen LogP contribution in [-0.2, 0) is 17.8 Å². The summed E-state index contributed by atoms with van der Waals surface area (Å²) in [6.07, 6.45) is 0. The second-order valence-corrected chi connectivity index (χ2v) is 7.86. The van der Waals surface area contributed by atoms with Crippen LogP contribution in [0.15, 0.2) is 42.5 Å². The van der Waals surface area contributed by atoms with E-state index in [9.17, 15) is 13.4 Å². The van der Waals surface area contributed by atoms with Crippen LogP contribution >= 0.6 is 11.6 Å². The van der Waals surface area contributed by atoms with Gasteiger partial charge in [-0.05, 0) is 42.8 Å². The lowest BCUT2D eigenvalue weighted by Gasteiger charge is -2.40. The summed E-state index contributed by atoms with van der Waals surface area (Å²) >= 11 is 4.01. The van der Waals surface area contributed by atoms with Gasteiger partial charge in [0.15, 0.2) is 0 Å². The second kappa shape index (κ2) is 9.00. The van der Waals surface area contributed by atoms with Crippen LogP contribution < -0.4 is 4.72 Å². The maximum absolute atomic E-state index is 13.0. The minimum atomic E-state index is -2.20. The maximum atomic E-state index is 13.0. The van der Waals surface area contributed by atoms with Gasteiger partial charge in [-0.1, -0.05) is 23.7 Å². The molecule has 9 heteroatoms. The first kappa shape index (κ1) is 20.7. The second-order valence-electron chi connectivity index (χ2n) is 6.75. The Morgan fingerprint density at radius 1 is 1.29 bits per heavy atom. The Bertz CT molecular complexity index is 881. The van der Waals surface area contributed by atoms with Gasteiger partial charge in [0.05, 0.1) is 10.6 Å². The fourth-order valence-electron chi connectivity index (χ4n) is 3.33. The van der Waals surface area contributed by atoms with Gasteiger partial charge in [0.1, 0.15) is 5.82 Å². The molecule has 28 heavy (non-hydrogen) atoms. The number of rotatable bonds is 5. The minimum Gasteiger partial charge on any atom is -0.333 e. The molecule has 1 saturated heterocycles. The van der Waals surface area contributed by atoms with Crippen molar-refractivity contribution in [1.82, 2.24) is 9.80 Å². The third kappa shape index (κ3) is 5.08. The molecule has 1 aliphatic rings. The van der Waals surface area contributed by atoms with Crippen LogP contribution in [0.2, 0.25) is 5.02 Å². The first-order valence-corrected chi connectivity index (χ1v) is 10.3. The number of nitrogens with one attached hydrogen (secondary N) is 1. The van der Waals surface area contributed by atoms with E-state index < -0.39 is 11.3 Å². The Labute approximate surface area is 170 Å². The van der Waals surface area contributed by atoms with E-state index in [0.29, 0.717) is 37.4 Å². The number of halogens is 2. The van der Waals surface area contributed by atoms with E-state index in [0.717, 1.165) is 5.56 Å². The monoisotopic (exact) mass is 425 g/mol. The zero-order valence-electron chi connectivity index (χ0n) is 15.3. The first-order chi connectivity index (χ1) is 13.3. The third-order valence-corrected chi connectivity index (χ3v) is 5.42. The molecule has 3 rings (SSSR count). The van der Waals surface area contributed by atoms with E-state index in [-0.39, 0.29) is 22.8 Å². The van der Waals surface area contributed by atoms with E-state index in [1.165, 1.54) is 18.2 Å². The lowest BCUT2D eigenvalue weighted by atomic mass is 10.1. The summed E-state index contributed by atoms with van der Waals surface area (Å²) in [6, 6.07) is 11.0. The van der Waals surface area contributed by atoms with Gasteiger partial charge in [0.2, 0.25) is 0 Å². The summed E-state index contributed by atoms with van der Waals surface area (Å²) in [7, 11) is 0. The lowest BCUT2D eigenvalue weighted by molar-refractivity contribution is 0.0475. The molecule has 0 aromatic heterocycles. The van der Waals surface area contributed by atoms with Crippen molar-refractivity contribution in [3.8, 4) is 0 Å². The van der Waals surface area contributed by atoms with Gasteiger partial charge in [-0.15, -0.1) is 0 Å². The predicted molar refractivity (Wildman–Crippen MR) is 108 cm³/mol. The Morgan fingerprint density at radius 3 is 2.61 bits per heavy atom. The van der Waals surface area contributed by atoms with Crippen LogP contribution in [0.4, 0.5) is 10.1 Å². The van der Waals surface area contributed by atoms with Crippen molar-refractivity contribution >= 4 is 34.5 Å². The highest BCUT2D eigenvalue weighted by Gasteiger charge is 2.29. The molecule has 0 aliphatic carbocycles. The number of piperazine rings is 1. The first-order valence-electron chi connectivity index (χ1n) is 8.78. The number of carbonyl (C=O) groups excluding carboxylic acids is 1. The summed E-state index contributed by atoms with van der Waals surface area (Å²) < 4.78 is 35.1. The number of carbonyl (C=O) groups is 1. The van der Waals surface area contributed by atoms with Crippen molar-refractivity contribution in [2.24, 2.45) is 0 Å². The zero-order valence-corrected chi connectivity index (χ0v) is 16.8. The Kier molecular flexibility index (Phi) is 6.66. The number of nitrogens with zero attached hydrogens (tertiary/aromatic N) is 2. The summed E-state index contributed by atoms with van der Waals surface area (Å²) in [5.74, 6) is -0.425. The van der Waals surface area contributed by atoms with Crippen LogP contribution in [0.25, 0.3) is 0 Å². The SMILES string of the molecule is CC1CN(Cc2ccc(F)cc2)CCN1C(=O)c1ccc(NS(=O)O)cc1Cl. The average Bonchev–Trinajstić information content (AvgIpc) is 2.63. The van der Waals surface area contributed by atoms with Gasteiger partial charge in [-0.3, -0.25) is 19.0 Å². The van der Waals surface area contributed by atoms with Crippen molar-refractivity contribution in [3.05, 3.63) is 64.4 Å². The third-order valence-electron chi connectivity index (χ3n) is 4.70. The highest BCUT2D eigenvalue weighted by atomic mass is 35.5. The molecule has 6 nitrogen and oxygen atoms in total. The molecule has 1 fully saturated rings. The minimum absolute atomic E-state index is 0.0134. The van der Waals surface area contributed by atoms with Crippen molar-refractivity contribution in [2.45, 2.75) is 19.5 Å².